The van der Waals surface area contributed by atoms with E-state index in [9.17, 15) is 14.4 Å². The molecule has 0 spiro atoms. The molecule has 1 N–H and O–H groups in total. The Morgan fingerprint density at radius 1 is 1.06 bits per heavy atom. The number of carbonyl (C=O) groups is 2. The summed E-state index contributed by atoms with van der Waals surface area (Å²) in [5.41, 5.74) is 2.45. The number of fused-ring (bicyclic) bond motifs is 1. The quantitative estimate of drug-likeness (QED) is 0.515. The molecule has 158 valence electrons. The van der Waals surface area contributed by atoms with Gasteiger partial charge in [0.15, 0.2) is 0 Å². The van der Waals surface area contributed by atoms with Gasteiger partial charge in [0.25, 0.3) is 0 Å². The van der Waals surface area contributed by atoms with Gasteiger partial charge in [0.2, 0.25) is 11.8 Å². The van der Waals surface area contributed by atoms with Crippen LogP contribution in [0.2, 0.25) is 0 Å². The molecule has 1 aliphatic heterocycles. The molecule has 0 bridgehead atoms. The summed E-state index contributed by atoms with van der Waals surface area (Å²) < 4.78 is 5.25. The molecule has 1 aliphatic rings. The van der Waals surface area contributed by atoms with Crippen molar-refractivity contribution in [2.24, 2.45) is 5.92 Å². The molecule has 2 heterocycles. The average Bonchev–Trinajstić information content (AvgIpc) is 2.78. The minimum absolute atomic E-state index is 0.0392. The van der Waals surface area contributed by atoms with Gasteiger partial charge in [-0.2, -0.15) is 0 Å². The van der Waals surface area contributed by atoms with E-state index >= 15 is 0 Å². The molecule has 0 radical (unpaired) electrons. The van der Waals surface area contributed by atoms with Gasteiger partial charge in [0.1, 0.15) is 5.58 Å². The molecule has 2 aromatic carbocycles. The van der Waals surface area contributed by atoms with Crippen LogP contribution in [0.5, 0.6) is 0 Å². The lowest BCUT2D eigenvalue weighted by Crippen LogP contribution is -2.40. The molecule has 6 nitrogen and oxygen atoms in total. The Bertz CT molecular complexity index is 1190. The van der Waals surface area contributed by atoms with E-state index in [-0.39, 0.29) is 17.7 Å². The average molecular weight is 416 g/mol. The number of hydrogen-bond donors (Lipinski definition) is 1. The van der Waals surface area contributed by atoms with Gasteiger partial charge in [-0.1, -0.05) is 30.3 Å². The molecule has 2 amide bonds. The van der Waals surface area contributed by atoms with Gasteiger partial charge in [0.05, 0.1) is 0 Å². The maximum Gasteiger partial charge on any atom is 0.336 e. The number of anilines is 1. The first kappa shape index (κ1) is 20.6. The lowest BCUT2D eigenvalue weighted by Gasteiger charge is -2.30. The second-order valence-electron chi connectivity index (χ2n) is 7.79. The summed E-state index contributed by atoms with van der Waals surface area (Å²) in [7, 11) is 0. The molecule has 0 saturated carbocycles. The van der Waals surface area contributed by atoms with Crippen LogP contribution in [-0.4, -0.2) is 29.8 Å². The molecule has 4 rings (SSSR count). The van der Waals surface area contributed by atoms with Crippen LogP contribution in [0, 0.1) is 12.8 Å². The topological polar surface area (TPSA) is 79.6 Å². The highest BCUT2D eigenvalue weighted by atomic mass is 16.4. The number of amides is 2. The van der Waals surface area contributed by atoms with Crippen molar-refractivity contribution in [2.45, 2.75) is 19.8 Å². The summed E-state index contributed by atoms with van der Waals surface area (Å²) >= 11 is 0. The first-order valence-corrected chi connectivity index (χ1v) is 10.4. The standard InChI is InChI=1S/C25H24N2O4/c1-17-15-24(29)31-22-16-20(8-9-21(17)22)26-25(30)19-11-13-27(14-12-19)23(28)10-7-18-5-3-2-4-6-18/h2-10,15-16,19H,11-14H2,1H3,(H,26,30)/b10-7+. The Morgan fingerprint density at radius 2 is 1.81 bits per heavy atom. The predicted octanol–water partition coefficient (Wildman–Crippen LogP) is 3.99. The third-order valence-electron chi connectivity index (χ3n) is 5.61. The second-order valence-corrected chi connectivity index (χ2v) is 7.79. The first-order chi connectivity index (χ1) is 15.0. The second kappa shape index (κ2) is 9.00. The summed E-state index contributed by atoms with van der Waals surface area (Å²) in [5, 5.41) is 3.76. The van der Waals surface area contributed by atoms with Crippen LogP contribution in [0.4, 0.5) is 5.69 Å². The lowest BCUT2D eigenvalue weighted by molar-refractivity contribution is -0.130. The van der Waals surface area contributed by atoms with Gasteiger partial charge in [-0.05, 0) is 49.1 Å². The molecule has 6 heteroatoms. The zero-order valence-corrected chi connectivity index (χ0v) is 17.3. The maximum absolute atomic E-state index is 12.7. The van der Waals surface area contributed by atoms with Crippen molar-refractivity contribution < 1.29 is 14.0 Å². The lowest BCUT2D eigenvalue weighted by atomic mass is 9.95. The maximum atomic E-state index is 12.7. The third kappa shape index (κ3) is 4.91. The number of carbonyl (C=O) groups excluding carboxylic acids is 2. The zero-order chi connectivity index (χ0) is 21.8. The number of likely N-dealkylation sites (tertiary alicyclic amines) is 1. The van der Waals surface area contributed by atoms with Crippen molar-refractivity contribution in [3.63, 3.8) is 0 Å². The van der Waals surface area contributed by atoms with Gasteiger partial charge >= 0.3 is 5.63 Å². The molecule has 0 unspecified atom stereocenters. The van der Waals surface area contributed by atoms with Gasteiger partial charge in [0, 0.05) is 48.3 Å². The highest BCUT2D eigenvalue weighted by Crippen LogP contribution is 2.23. The Kier molecular flexibility index (Phi) is 5.98. The molecule has 3 aromatic rings. The number of aryl methyl sites for hydroxylation is 1. The fourth-order valence-electron chi connectivity index (χ4n) is 3.85. The minimum Gasteiger partial charge on any atom is -0.423 e. The van der Waals surface area contributed by atoms with Crippen LogP contribution in [0.15, 0.2) is 69.9 Å². The van der Waals surface area contributed by atoms with Crippen LogP contribution >= 0.6 is 0 Å². The molecule has 1 saturated heterocycles. The molecule has 0 atom stereocenters. The third-order valence-corrected chi connectivity index (χ3v) is 5.61. The summed E-state index contributed by atoms with van der Waals surface area (Å²) in [5.74, 6) is -0.286. The highest BCUT2D eigenvalue weighted by Gasteiger charge is 2.26. The summed E-state index contributed by atoms with van der Waals surface area (Å²) in [6, 6.07) is 16.4. The normalized spacial score (nSPS) is 14.8. The SMILES string of the molecule is Cc1cc(=O)oc2cc(NC(=O)C3CCN(C(=O)/C=C/c4ccccc4)CC3)ccc12. The van der Waals surface area contributed by atoms with E-state index in [4.69, 9.17) is 4.42 Å². The van der Waals surface area contributed by atoms with E-state index < -0.39 is 5.63 Å². The van der Waals surface area contributed by atoms with Crippen LogP contribution < -0.4 is 10.9 Å². The highest BCUT2D eigenvalue weighted by molar-refractivity contribution is 5.95. The van der Waals surface area contributed by atoms with E-state index in [1.807, 2.05) is 43.3 Å². The largest absolute Gasteiger partial charge is 0.423 e. The van der Waals surface area contributed by atoms with Gasteiger partial charge in [-0.3, -0.25) is 9.59 Å². The molecule has 1 aromatic heterocycles. The van der Waals surface area contributed by atoms with Crippen molar-refractivity contribution in [3.05, 3.63) is 82.2 Å². The number of benzene rings is 2. The fourth-order valence-corrected chi connectivity index (χ4v) is 3.85. The van der Waals surface area contributed by atoms with Crippen molar-refractivity contribution >= 4 is 34.5 Å². The van der Waals surface area contributed by atoms with Gasteiger partial charge in [-0.15, -0.1) is 0 Å². The van der Waals surface area contributed by atoms with Crippen molar-refractivity contribution in [2.75, 3.05) is 18.4 Å². The van der Waals surface area contributed by atoms with E-state index in [1.165, 1.54) is 6.07 Å². The molecular weight excluding hydrogens is 392 g/mol. The molecule has 0 aliphatic carbocycles. The fraction of sp³-hybridized carbons (Fsp3) is 0.240. The van der Waals surface area contributed by atoms with Crippen LogP contribution in [0.3, 0.4) is 0 Å². The number of nitrogens with one attached hydrogen (secondary N) is 1. The zero-order valence-electron chi connectivity index (χ0n) is 17.3. The van der Waals surface area contributed by atoms with Gasteiger partial charge < -0.3 is 14.6 Å². The minimum atomic E-state index is -0.410. The summed E-state index contributed by atoms with van der Waals surface area (Å²) in [4.78, 5) is 38.5. The van der Waals surface area contributed by atoms with Crippen LogP contribution in [0.25, 0.3) is 17.0 Å². The molecular formula is C25H24N2O4. The van der Waals surface area contributed by atoms with Crippen LogP contribution in [0.1, 0.15) is 24.0 Å². The predicted molar refractivity (Wildman–Crippen MR) is 121 cm³/mol. The Labute approximate surface area is 180 Å². The van der Waals surface area contributed by atoms with Crippen LogP contribution in [-0.2, 0) is 9.59 Å². The van der Waals surface area contributed by atoms with Crippen molar-refractivity contribution in [1.29, 1.82) is 0 Å². The summed E-state index contributed by atoms with van der Waals surface area (Å²) in [6.45, 7) is 2.94. The number of nitrogens with zero attached hydrogens (tertiary/aromatic N) is 1. The van der Waals surface area contributed by atoms with E-state index in [1.54, 1.807) is 29.2 Å². The number of hydrogen-bond acceptors (Lipinski definition) is 4. The molecule has 31 heavy (non-hydrogen) atoms. The smallest absolute Gasteiger partial charge is 0.336 e. The van der Waals surface area contributed by atoms with Crippen molar-refractivity contribution in [1.82, 2.24) is 4.90 Å². The monoisotopic (exact) mass is 416 g/mol. The number of rotatable bonds is 4. The Morgan fingerprint density at radius 3 is 2.55 bits per heavy atom. The Balaban J connectivity index is 1.34. The summed E-state index contributed by atoms with van der Waals surface area (Å²) in [6.07, 6.45) is 4.61. The van der Waals surface area contributed by atoms with E-state index in [0.29, 0.717) is 37.2 Å². The Hall–Kier alpha value is -3.67. The van der Waals surface area contributed by atoms with Gasteiger partial charge in [-0.25, -0.2) is 4.79 Å². The van der Waals surface area contributed by atoms with Crippen molar-refractivity contribution in [3.8, 4) is 0 Å². The molecule has 1 fully saturated rings. The first-order valence-electron chi connectivity index (χ1n) is 10.4. The number of piperidine rings is 1. The van der Waals surface area contributed by atoms with E-state index in [2.05, 4.69) is 5.32 Å². The van der Waals surface area contributed by atoms with E-state index in [0.717, 1.165) is 16.5 Å².